The quantitative estimate of drug-likeness (QED) is 0.569. The van der Waals surface area contributed by atoms with Crippen LogP contribution in [0.5, 0.6) is 0 Å². The van der Waals surface area contributed by atoms with Crippen LogP contribution in [0.3, 0.4) is 0 Å². The SMILES string of the molecule is CC(C)NC(=O)[C@H](C)N(Cc1ccccc1)C(=O)CN(c1ccc(Cl)cc1Cl)S(C)(=O)=O. The van der Waals surface area contributed by atoms with Crippen molar-refractivity contribution >= 4 is 50.7 Å². The zero-order valence-corrected chi connectivity index (χ0v) is 20.7. The number of nitrogens with zero attached hydrogens (tertiary/aromatic N) is 2. The lowest BCUT2D eigenvalue weighted by Gasteiger charge is -2.32. The number of hydrogen-bond acceptors (Lipinski definition) is 4. The molecule has 0 saturated heterocycles. The minimum Gasteiger partial charge on any atom is -0.352 e. The van der Waals surface area contributed by atoms with Crippen LogP contribution in [0.15, 0.2) is 48.5 Å². The molecule has 10 heteroatoms. The van der Waals surface area contributed by atoms with Gasteiger partial charge in [-0.3, -0.25) is 13.9 Å². The largest absolute Gasteiger partial charge is 0.352 e. The fraction of sp³-hybridized carbons (Fsp3) is 0.364. The molecule has 0 saturated carbocycles. The summed E-state index contributed by atoms with van der Waals surface area (Å²) in [6.07, 6.45) is 0.988. The minimum atomic E-state index is -3.86. The monoisotopic (exact) mass is 499 g/mol. The van der Waals surface area contributed by atoms with E-state index in [9.17, 15) is 18.0 Å². The Hall–Kier alpha value is -2.29. The molecule has 1 N–H and O–H groups in total. The van der Waals surface area contributed by atoms with E-state index in [1.807, 2.05) is 44.2 Å². The van der Waals surface area contributed by atoms with Crippen LogP contribution in [-0.2, 0) is 26.2 Å². The van der Waals surface area contributed by atoms with Crippen LogP contribution in [0.1, 0.15) is 26.3 Å². The third-order valence-electron chi connectivity index (χ3n) is 4.65. The second kappa shape index (κ2) is 11.0. The Balaban J connectivity index is 2.40. The van der Waals surface area contributed by atoms with Crippen LogP contribution in [0, 0.1) is 0 Å². The van der Waals surface area contributed by atoms with Crippen LogP contribution < -0.4 is 9.62 Å². The Morgan fingerprint density at radius 1 is 1.03 bits per heavy atom. The highest BCUT2D eigenvalue weighted by Crippen LogP contribution is 2.30. The first-order chi connectivity index (χ1) is 14.9. The normalized spacial score (nSPS) is 12.3. The Morgan fingerprint density at radius 2 is 1.66 bits per heavy atom. The van der Waals surface area contributed by atoms with E-state index in [1.54, 1.807) is 6.92 Å². The van der Waals surface area contributed by atoms with Crippen molar-refractivity contribution in [3.05, 3.63) is 64.1 Å². The molecule has 0 aliphatic carbocycles. The molecular weight excluding hydrogens is 473 g/mol. The molecule has 0 spiro atoms. The lowest BCUT2D eigenvalue weighted by atomic mass is 10.1. The molecule has 2 rings (SSSR count). The van der Waals surface area contributed by atoms with E-state index in [-0.39, 0.29) is 29.2 Å². The van der Waals surface area contributed by atoms with Gasteiger partial charge in [0, 0.05) is 17.6 Å². The van der Waals surface area contributed by atoms with Crippen molar-refractivity contribution in [2.45, 2.75) is 39.4 Å². The number of anilines is 1. The van der Waals surface area contributed by atoms with E-state index < -0.39 is 28.5 Å². The number of amides is 2. The van der Waals surface area contributed by atoms with Crippen LogP contribution in [0.25, 0.3) is 0 Å². The molecular formula is C22H27Cl2N3O4S. The van der Waals surface area contributed by atoms with Gasteiger partial charge in [-0.15, -0.1) is 0 Å². The highest BCUT2D eigenvalue weighted by molar-refractivity contribution is 7.92. The van der Waals surface area contributed by atoms with Gasteiger partial charge in [-0.1, -0.05) is 53.5 Å². The first-order valence-electron chi connectivity index (χ1n) is 9.96. The molecule has 174 valence electrons. The number of carbonyl (C=O) groups is 2. The van der Waals surface area contributed by atoms with E-state index in [4.69, 9.17) is 23.2 Å². The van der Waals surface area contributed by atoms with Crippen molar-refractivity contribution in [1.82, 2.24) is 10.2 Å². The van der Waals surface area contributed by atoms with Crippen LogP contribution in [0.4, 0.5) is 5.69 Å². The maximum Gasteiger partial charge on any atom is 0.244 e. The number of carbonyl (C=O) groups excluding carboxylic acids is 2. The average Bonchev–Trinajstić information content (AvgIpc) is 2.69. The van der Waals surface area contributed by atoms with Crippen LogP contribution >= 0.6 is 23.2 Å². The predicted octanol–water partition coefficient (Wildman–Crippen LogP) is 3.70. The molecule has 2 aromatic carbocycles. The van der Waals surface area contributed by atoms with Gasteiger partial charge in [0.25, 0.3) is 0 Å². The Kier molecular flexibility index (Phi) is 8.95. The van der Waals surface area contributed by atoms with E-state index in [0.717, 1.165) is 16.1 Å². The molecule has 0 radical (unpaired) electrons. The molecule has 7 nitrogen and oxygen atoms in total. The molecule has 0 heterocycles. The van der Waals surface area contributed by atoms with E-state index >= 15 is 0 Å². The highest BCUT2D eigenvalue weighted by Gasteiger charge is 2.31. The van der Waals surface area contributed by atoms with Crippen molar-refractivity contribution in [1.29, 1.82) is 0 Å². The van der Waals surface area contributed by atoms with Gasteiger partial charge in [0.05, 0.1) is 17.0 Å². The molecule has 0 aromatic heterocycles. The van der Waals surface area contributed by atoms with Gasteiger partial charge in [-0.25, -0.2) is 8.42 Å². The third kappa shape index (κ3) is 7.12. The maximum absolute atomic E-state index is 13.4. The second-order valence-corrected chi connectivity index (χ2v) is 10.5. The maximum atomic E-state index is 13.4. The minimum absolute atomic E-state index is 0.0935. The average molecular weight is 500 g/mol. The number of halogens is 2. The summed E-state index contributed by atoms with van der Waals surface area (Å²) < 4.78 is 26.0. The Morgan fingerprint density at radius 3 is 2.19 bits per heavy atom. The summed E-state index contributed by atoms with van der Waals surface area (Å²) in [6, 6.07) is 12.6. The standard InChI is InChI=1S/C22H27Cl2N3O4S/c1-15(2)25-22(29)16(3)26(13-17-8-6-5-7-9-17)21(28)14-27(32(4,30)31)20-11-10-18(23)12-19(20)24/h5-12,15-16H,13-14H2,1-4H3,(H,25,29)/t16-/m0/s1. The number of hydrogen-bond donors (Lipinski definition) is 1. The van der Waals surface area contributed by atoms with Gasteiger partial charge in [0.1, 0.15) is 12.6 Å². The first kappa shape index (κ1) is 26.0. The topological polar surface area (TPSA) is 86.8 Å². The first-order valence-corrected chi connectivity index (χ1v) is 12.6. The lowest BCUT2D eigenvalue weighted by molar-refractivity contribution is -0.139. The fourth-order valence-electron chi connectivity index (χ4n) is 3.05. The molecule has 0 unspecified atom stereocenters. The van der Waals surface area contributed by atoms with Gasteiger partial charge in [-0.2, -0.15) is 0 Å². The molecule has 2 amide bonds. The molecule has 1 atom stereocenters. The Labute approximate surface area is 199 Å². The molecule has 0 bridgehead atoms. The Bertz CT molecular complexity index is 1060. The smallest absolute Gasteiger partial charge is 0.244 e. The molecule has 2 aromatic rings. The van der Waals surface area contributed by atoms with Gasteiger partial charge in [0.15, 0.2) is 0 Å². The second-order valence-electron chi connectivity index (χ2n) is 7.71. The molecule has 0 aliphatic rings. The molecule has 0 fully saturated rings. The van der Waals surface area contributed by atoms with Gasteiger partial charge < -0.3 is 10.2 Å². The number of rotatable bonds is 9. The van der Waals surface area contributed by atoms with Gasteiger partial charge >= 0.3 is 0 Å². The summed E-state index contributed by atoms with van der Waals surface area (Å²) in [6.45, 7) is 4.87. The van der Waals surface area contributed by atoms with Crippen molar-refractivity contribution in [2.75, 3.05) is 17.1 Å². The fourth-order valence-corrected chi connectivity index (χ4v) is 4.47. The van der Waals surface area contributed by atoms with Crippen molar-refractivity contribution in [2.24, 2.45) is 0 Å². The van der Waals surface area contributed by atoms with Crippen molar-refractivity contribution in [3.63, 3.8) is 0 Å². The van der Waals surface area contributed by atoms with Crippen molar-refractivity contribution < 1.29 is 18.0 Å². The predicted molar refractivity (Wildman–Crippen MR) is 128 cm³/mol. The third-order valence-corrected chi connectivity index (χ3v) is 6.32. The lowest BCUT2D eigenvalue weighted by Crippen LogP contribution is -2.52. The van der Waals surface area contributed by atoms with Gasteiger partial charge in [0.2, 0.25) is 21.8 Å². The van der Waals surface area contributed by atoms with Crippen LogP contribution in [0.2, 0.25) is 10.0 Å². The summed E-state index contributed by atoms with van der Waals surface area (Å²) >= 11 is 12.1. The van der Waals surface area contributed by atoms with Crippen molar-refractivity contribution in [3.8, 4) is 0 Å². The van der Waals surface area contributed by atoms with Crippen LogP contribution in [-0.4, -0.2) is 50.0 Å². The number of benzene rings is 2. The summed E-state index contributed by atoms with van der Waals surface area (Å²) in [5.41, 5.74) is 0.936. The van der Waals surface area contributed by atoms with E-state index in [0.29, 0.717) is 5.02 Å². The summed E-state index contributed by atoms with van der Waals surface area (Å²) in [5.74, 6) is -0.878. The molecule has 32 heavy (non-hydrogen) atoms. The molecule has 0 aliphatic heterocycles. The number of sulfonamides is 1. The number of nitrogens with one attached hydrogen (secondary N) is 1. The summed E-state index contributed by atoms with van der Waals surface area (Å²) in [7, 11) is -3.86. The summed E-state index contributed by atoms with van der Waals surface area (Å²) in [4.78, 5) is 27.4. The zero-order chi connectivity index (χ0) is 24.1. The van der Waals surface area contributed by atoms with Gasteiger partial charge in [-0.05, 0) is 44.5 Å². The van der Waals surface area contributed by atoms with E-state index in [2.05, 4.69) is 5.32 Å². The zero-order valence-electron chi connectivity index (χ0n) is 18.4. The highest BCUT2D eigenvalue weighted by atomic mass is 35.5. The van der Waals surface area contributed by atoms with E-state index in [1.165, 1.54) is 23.1 Å². The summed E-state index contributed by atoms with van der Waals surface area (Å²) in [5, 5.41) is 3.22.